The number of fused-ring (bicyclic) bond motifs is 2. The number of hydrogen-bond donors (Lipinski definition) is 0. The lowest BCUT2D eigenvalue weighted by Gasteiger charge is -2.27. The first-order valence-corrected chi connectivity index (χ1v) is 17.9. The van der Waals surface area contributed by atoms with Gasteiger partial charge in [0, 0.05) is 59.8 Å². The SMILES string of the molecule is CCN1/C(=C/C=C2\CCCC(/C=C/C3=[N+](CC)c4ccccc4C3(C)C)=C2Oc2ccc(N(C)C(C)C)cc2)C(C)(C)c2ccccc21. The van der Waals surface area contributed by atoms with Crippen molar-refractivity contribution in [2.45, 2.75) is 91.5 Å². The van der Waals surface area contributed by atoms with E-state index in [2.05, 4.69) is 174 Å². The maximum absolute atomic E-state index is 6.92. The van der Waals surface area contributed by atoms with Crippen molar-refractivity contribution in [3.8, 4) is 5.75 Å². The van der Waals surface area contributed by atoms with Crippen LogP contribution in [0.4, 0.5) is 17.1 Å². The average Bonchev–Trinajstić information content (AvgIpc) is 3.45. The molecule has 0 spiro atoms. The second kappa shape index (κ2) is 13.3. The zero-order valence-corrected chi connectivity index (χ0v) is 30.6. The van der Waals surface area contributed by atoms with Crippen molar-refractivity contribution in [2.75, 3.05) is 29.9 Å². The topological polar surface area (TPSA) is 18.7 Å². The molecule has 4 nitrogen and oxygen atoms in total. The van der Waals surface area contributed by atoms with Crippen molar-refractivity contribution in [1.82, 2.24) is 0 Å². The third kappa shape index (κ3) is 5.95. The largest absolute Gasteiger partial charge is 0.457 e. The lowest BCUT2D eigenvalue weighted by atomic mass is 9.81. The molecule has 0 bridgehead atoms. The fourth-order valence-electron chi connectivity index (χ4n) is 7.84. The van der Waals surface area contributed by atoms with Gasteiger partial charge in [0.1, 0.15) is 18.1 Å². The Morgan fingerprint density at radius 2 is 1.52 bits per heavy atom. The van der Waals surface area contributed by atoms with Crippen LogP contribution in [0.2, 0.25) is 0 Å². The molecule has 0 N–H and O–H groups in total. The molecule has 3 aromatic rings. The van der Waals surface area contributed by atoms with Crippen LogP contribution in [0.5, 0.6) is 5.75 Å². The summed E-state index contributed by atoms with van der Waals surface area (Å²) in [6.45, 7) is 20.2. The van der Waals surface area contributed by atoms with Gasteiger partial charge in [-0.2, -0.15) is 4.58 Å². The molecule has 0 amide bonds. The van der Waals surface area contributed by atoms with Gasteiger partial charge in [0.15, 0.2) is 5.71 Å². The molecule has 4 heteroatoms. The number of ether oxygens (including phenoxy) is 1. The van der Waals surface area contributed by atoms with Gasteiger partial charge in [0.05, 0.1) is 5.41 Å². The van der Waals surface area contributed by atoms with E-state index in [-0.39, 0.29) is 10.8 Å². The van der Waals surface area contributed by atoms with E-state index in [9.17, 15) is 0 Å². The minimum Gasteiger partial charge on any atom is -0.457 e. The van der Waals surface area contributed by atoms with Crippen LogP contribution >= 0.6 is 0 Å². The summed E-state index contributed by atoms with van der Waals surface area (Å²) in [7, 11) is 2.14. The second-order valence-electron chi connectivity index (χ2n) is 14.7. The van der Waals surface area contributed by atoms with Crippen molar-refractivity contribution in [2.24, 2.45) is 0 Å². The van der Waals surface area contributed by atoms with Gasteiger partial charge in [-0.1, -0.05) is 56.3 Å². The fourth-order valence-corrected chi connectivity index (χ4v) is 7.84. The number of likely N-dealkylation sites (N-methyl/N-ethyl adjacent to an activating group) is 1. The highest BCUT2D eigenvalue weighted by Gasteiger charge is 2.43. The van der Waals surface area contributed by atoms with Crippen molar-refractivity contribution < 1.29 is 9.31 Å². The molecule has 0 radical (unpaired) electrons. The highest BCUT2D eigenvalue weighted by Crippen LogP contribution is 2.48. The molecule has 0 fully saturated rings. The highest BCUT2D eigenvalue weighted by molar-refractivity contribution is 6.03. The molecule has 0 atom stereocenters. The molecule has 1 aliphatic carbocycles. The third-order valence-electron chi connectivity index (χ3n) is 10.8. The normalized spacial score (nSPS) is 20.0. The van der Waals surface area contributed by atoms with E-state index >= 15 is 0 Å². The molecule has 250 valence electrons. The molecular formula is C44H54N3O+. The number of allylic oxidation sites excluding steroid dienone is 7. The number of nitrogens with zero attached hydrogens (tertiary/aromatic N) is 3. The Morgan fingerprint density at radius 1 is 0.833 bits per heavy atom. The summed E-state index contributed by atoms with van der Waals surface area (Å²) in [4.78, 5) is 4.76. The standard InChI is InChI=1S/C44H54N3O/c1-10-46-38-21-14-12-19-36(38)43(5,6)40(46)29-23-32-17-16-18-33(42(32)48-35-27-25-34(26-28-35)45(9)31(3)4)24-30-41-44(7,8)37-20-13-15-22-39(37)47(41)11-2/h12-15,19-31H,10-11,16-18H2,1-9H3/q+1. The van der Waals surface area contributed by atoms with E-state index in [1.54, 1.807) is 0 Å². The maximum atomic E-state index is 6.92. The van der Waals surface area contributed by atoms with Gasteiger partial charge in [0.25, 0.3) is 0 Å². The lowest BCUT2D eigenvalue weighted by molar-refractivity contribution is -0.433. The molecule has 0 saturated carbocycles. The van der Waals surface area contributed by atoms with E-state index < -0.39 is 0 Å². The minimum absolute atomic E-state index is 0.0760. The predicted octanol–water partition coefficient (Wildman–Crippen LogP) is 10.6. The Hall–Kier alpha value is -4.31. The predicted molar refractivity (Wildman–Crippen MR) is 204 cm³/mol. The van der Waals surface area contributed by atoms with Gasteiger partial charge in [-0.05, 0) is 120 Å². The summed E-state index contributed by atoms with van der Waals surface area (Å²) in [6, 6.07) is 26.7. The van der Waals surface area contributed by atoms with Crippen LogP contribution < -0.4 is 14.5 Å². The van der Waals surface area contributed by atoms with Crippen molar-refractivity contribution >= 4 is 22.8 Å². The van der Waals surface area contributed by atoms with E-state index in [4.69, 9.17) is 4.74 Å². The van der Waals surface area contributed by atoms with Gasteiger partial charge in [0.2, 0.25) is 5.69 Å². The quantitative estimate of drug-likeness (QED) is 0.217. The van der Waals surface area contributed by atoms with E-state index in [0.717, 1.165) is 43.9 Å². The van der Waals surface area contributed by atoms with Crippen LogP contribution in [0.25, 0.3) is 0 Å². The third-order valence-corrected chi connectivity index (χ3v) is 10.8. The summed E-state index contributed by atoms with van der Waals surface area (Å²) < 4.78 is 9.39. The van der Waals surface area contributed by atoms with E-state index in [1.165, 1.54) is 50.7 Å². The lowest BCUT2D eigenvalue weighted by Crippen LogP contribution is -2.27. The first-order chi connectivity index (χ1) is 23.0. The summed E-state index contributed by atoms with van der Waals surface area (Å²) >= 11 is 0. The van der Waals surface area contributed by atoms with Gasteiger partial charge in [-0.15, -0.1) is 0 Å². The van der Waals surface area contributed by atoms with Gasteiger partial charge < -0.3 is 14.5 Å². The number of benzene rings is 3. The van der Waals surface area contributed by atoms with Crippen LogP contribution in [-0.2, 0) is 10.8 Å². The van der Waals surface area contributed by atoms with Crippen molar-refractivity contribution in [3.05, 3.63) is 131 Å². The smallest absolute Gasteiger partial charge is 0.209 e. The van der Waals surface area contributed by atoms with Gasteiger partial charge >= 0.3 is 0 Å². The van der Waals surface area contributed by atoms with Crippen LogP contribution in [0.15, 0.2) is 120 Å². The zero-order chi connectivity index (χ0) is 34.2. The molecule has 6 rings (SSSR count). The maximum Gasteiger partial charge on any atom is 0.209 e. The fraction of sp³-hybridized carbons (Fsp3) is 0.386. The highest BCUT2D eigenvalue weighted by atomic mass is 16.5. The van der Waals surface area contributed by atoms with Crippen LogP contribution in [0.3, 0.4) is 0 Å². The van der Waals surface area contributed by atoms with Crippen LogP contribution in [0.1, 0.15) is 85.8 Å². The van der Waals surface area contributed by atoms with Crippen LogP contribution in [0, 0.1) is 0 Å². The monoisotopic (exact) mass is 640 g/mol. The number of hydrogen-bond acceptors (Lipinski definition) is 3. The summed E-state index contributed by atoms with van der Waals surface area (Å²) in [5, 5.41) is 0. The van der Waals surface area contributed by atoms with Crippen molar-refractivity contribution in [1.29, 1.82) is 0 Å². The summed E-state index contributed by atoms with van der Waals surface area (Å²) in [6.07, 6.45) is 12.5. The molecule has 2 heterocycles. The first-order valence-electron chi connectivity index (χ1n) is 17.9. The van der Waals surface area contributed by atoms with Gasteiger partial charge in [-0.25, -0.2) is 0 Å². The Labute approximate surface area is 289 Å². The molecule has 0 aromatic heterocycles. The second-order valence-corrected chi connectivity index (χ2v) is 14.7. The molecule has 2 aliphatic heterocycles. The Bertz CT molecular complexity index is 1830. The zero-order valence-electron chi connectivity index (χ0n) is 30.6. The number of rotatable bonds is 9. The molecular weight excluding hydrogens is 587 g/mol. The van der Waals surface area contributed by atoms with Gasteiger partial charge in [-0.3, -0.25) is 0 Å². The number of anilines is 2. The minimum atomic E-state index is -0.0760. The molecule has 48 heavy (non-hydrogen) atoms. The Balaban J connectivity index is 1.43. The van der Waals surface area contributed by atoms with E-state index in [1.807, 2.05) is 0 Å². The average molecular weight is 641 g/mol. The van der Waals surface area contributed by atoms with E-state index in [0.29, 0.717) is 6.04 Å². The molecule has 3 aromatic carbocycles. The number of para-hydroxylation sites is 2. The molecule has 0 saturated heterocycles. The van der Waals surface area contributed by atoms with Crippen molar-refractivity contribution in [3.63, 3.8) is 0 Å². The molecule has 3 aliphatic rings. The Morgan fingerprint density at radius 3 is 2.21 bits per heavy atom. The summed E-state index contributed by atoms with van der Waals surface area (Å²) in [5.74, 6) is 1.87. The Kier molecular flexibility index (Phi) is 9.31. The molecule has 0 unspecified atom stereocenters. The van der Waals surface area contributed by atoms with Crippen LogP contribution in [-0.4, -0.2) is 36.5 Å². The summed E-state index contributed by atoms with van der Waals surface area (Å²) in [5.41, 5.74) is 11.6. The first kappa shape index (κ1) is 33.6.